The first-order valence-electron chi connectivity index (χ1n) is 5.14. The Labute approximate surface area is 89.9 Å². The molecule has 0 heterocycles. The largest absolute Gasteiger partial charge is 0.508 e. The third-order valence-electron chi connectivity index (χ3n) is 2.44. The minimum Gasteiger partial charge on any atom is -0.508 e. The molecule has 0 saturated heterocycles. The number of benzene rings is 1. The number of nitrogens with two attached hydrogens (primary N) is 1. The van der Waals surface area contributed by atoms with Crippen LogP contribution in [-0.4, -0.2) is 17.4 Å². The Morgan fingerprint density at radius 3 is 2.87 bits per heavy atom. The number of carbonyl (C=O) groups excluding carboxylic acids is 1. The van der Waals surface area contributed by atoms with E-state index in [9.17, 15) is 9.90 Å². The predicted octanol–water partition coefficient (Wildman–Crippen LogP) is 1.49. The number of hydrogen-bond donors (Lipinski definition) is 2. The summed E-state index contributed by atoms with van der Waals surface area (Å²) >= 11 is 0. The van der Waals surface area contributed by atoms with Crippen LogP contribution in [0, 0.1) is 5.92 Å². The van der Waals surface area contributed by atoms with Crippen LogP contribution in [-0.2, 0) is 11.2 Å². The Balaban J connectivity index is 2.58. The predicted molar refractivity (Wildman–Crippen MR) is 59.7 cm³/mol. The van der Waals surface area contributed by atoms with Crippen LogP contribution in [0.2, 0.25) is 0 Å². The van der Waals surface area contributed by atoms with E-state index in [1.54, 1.807) is 18.2 Å². The number of phenols is 1. The molecule has 1 rings (SSSR count). The Hall–Kier alpha value is -1.35. The molecule has 0 amide bonds. The average molecular weight is 207 g/mol. The van der Waals surface area contributed by atoms with E-state index in [0.717, 1.165) is 12.0 Å². The number of phenolic OH excluding ortho intramolecular Hbond substituents is 1. The number of hydrogen-bond acceptors (Lipinski definition) is 3. The van der Waals surface area contributed by atoms with Crippen LogP contribution >= 0.6 is 0 Å². The van der Waals surface area contributed by atoms with Gasteiger partial charge in [0, 0.05) is 12.3 Å². The minimum absolute atomic E-state index is 0.00245. The van der Waals surface area contributed by atoms with Gasteiger partial charge in [0.2, 0.25) is 0 Å². The van der Waals surface area contributed by atoms with Gasteiger partial charge in [0.1, 0.15) is 11.5 Å². The third kappa shape index (κ3) is 3.72. The van der Waals surface area contributed by atoms with E-state index >= 15 is 0 Å². The van der Waals surface area contributed by atoms with Crippen molar-refractivity contribution in [2.24, 2.45) is 11.7 Å². The van der Waals surface area contributed by atoms with Gasteiger partial charge < -0.3 is 10.8 Å². The lowest BCUT2D eigenvalue weighted by Crippen LogP contribution is -2.17. The highest BCUT2D eigenvalue weighted by Gasteiger charge is 2.12. The van der Waals surface area contributed by atoms with E-state index in [4.69, 9.17) is 5.73 Å². The molecule has 0 aliphatic rings. The van der Waals surface area contributed by atoms with E-state index in [2.05, 4.69) is 0 Å². The van der Waals surface area contributed by atoms with Crippen molar-refractivity contribution in [1.29, 1.82) is 0 Å². The fourth-order valence-corrected chi connectivity index (χ4v) is 1.45. The van der Waals surface area contributed by atoms with Gasteiger partial charge in [-0.1, -0.05) is 19.1 Å². The Morgan fingerprint density at radius 1 is 1.53 bits per heavy atom. The highest BCUT2D eigenvalue weighted by Crippen LogP contribution is 2.14. The van der Waals surface area contributed by atoms with E-state index < -0.39 is 0 Å². The van der Waals surface area contributed by atoms with Gasteiger partial charge >= 0.3 is 0 Å². The molecule has 1 aromatic rings. The van der Waals surface area contributed by atoms with Crippen molar-refractivity contribution < 1.29 is 9.90 Å². The summed E-state index contributed by atoms with van der Waals surface area (Å²) in [5.41, 5.74) is 6.24. The molecule has 0 radical (unpaired) electrons. The standard InChI is InChI=1S/C12H17NO2/c1-9(5-6-13)12(15)8-10-3-2-4-11(14)7-10/h2-4,7,9,14H,5-6,8,13H2,1H3. The first-order chi connectivity index (χ1) is 7.13. The zero-order valence-corrected chi connectivity index (χ0v) is 8.94. The molecular formula is C12H17NO2. The third-order valence-corrected chi connectivity index (χ3v) is 2.44. The molecule has 3 N–H and O–H groups in total. The average Bonchev–Trinajstić information content (AvgIpc) is 2.18. The Bertz CT molecular complexity index is 336. The summed E-state index contributed by atoms with van der Waals surface area (Å²) < 4.78 is 0. The van der Waals surface area contributed by atoms with Crippen LogP contribution in [0.5, 0.6) is 5.75 Å². The van der Waals surface area contributed by atoms with Crippen LogP contribution in [0.25, 0.3) is 0 Å². The minimum atomic E-state index is -0.00245. The van der Waals surface area contributed by atoms with Crippen LogP contribution in [0.3, 0.4) is 0 Å². The summed E-state index contributed by atoms with van der Waals surface area (Å²) in [6.45, 7) is 2.42. The lowest BCUT2D eigenvalue weighted by atomic mass is 9.97. The Kier molecular flexibility index (Phi) is 4.31. The fraction of sp³-hybridized carbons (Fsp3) is 0.417. The van der Waals surface area contributed by atoms with Crippen LogP contribution in [0.4, 0.5) is 0 Å². The summed E-state index contributed by atoms with van der Waals surface area (Å²) in [6, 6.07) is 6.79. The number of carbonyl (C=O) groups is 1. The van der Waals surface area contributed by atoms with Crippen LogP contribution in [0.1, 0.15) is 18.9 Å². The maximum Gasteiger partial charge on any atom is 0.140 e. The number of rotatable bonds is 5. The second kappa shape index (κ2) is 5.51. The molecule has 82 valence electrons. The van der Waals surface area contributed by atoms with Crippen molar-refractivity contribution in [2.75, 3.05) is 6.54 Å². The van der Waals surface area contributed by atoms with Crippen molar-refractivity contribution in [3.05, 3.63) is 29.8 Å². The van der Waals surface area contributed by atoms with Crippen molar-refractivity contribution in [2.45, 2.75) is 19.8 Å². The molecule has 1 aromatic carbocycles. The van der Waals surface area contributed by atoms with Gasteiger partial charge in [0.05, 0.1) is 0 Å². The molecule has 0 saturated carbocycles. The molecule has 3 heteroatoms. The number of ketones is 1. The first kappa shape index (κ1) is 11.7. The maximum absolute atomic E-state index is 11.7. The first-order valence-corrected chi connectivity index (χ1v) is 5.14. The lowest BCUT2D eigenvalue weighted by Gasteiger charge is -2.08. The quantitative estimate of drug-likeness (QED) is 0.768. The fourth-order valence-electron chi connectivity index (χ4n) is 1.45. The van der Waals surface area contributed by atoms with Gasteiger partial charge in [-0.05, 0) is 30.7 Å². The van der Waals surface area contributed by atoms with Gasteiger partial charge in [-0.25, -0.2) is 0 Å². The normalized spacial score (nSPS) is 12.4. The van der Waals surface area contributed by atoms with Crippen molar-refractivity contribution >= 4 is 5.78 Å². The molecule has 0 aliphatic carbocycles. The van der Waals surface area contributed by atoms with Crippen LogP contribution in [0.15, 0.2) is 24.3 Å². The van der Waals surface area contributed by atoms with Gasteiger partial charge in [-0.15, -0.1) is 0 Å². The summed E-state index contributed by atoms with van der Waals surface area (Å²) in [4.78, 5) is 11.7. The molecule has 3 nitrogen and oxygen atoms in total. The summed E-state index contributed by atoms with van der Waals surface area (Å²) in [5.74, 6) is 0.371. The molecule has 0 aliphatic heterocycles. The monoisotopic (exact) mass is 207 g/mol. The smallest absolute Gasteiger partial charge is 0.140 e. The maximum atomic E-state index is 11.7. The number of Topliss-reactive ketones (excluding diaryl/α,β-unsaturated/α-hetero) is 1. The molecule has 1 atom stereocenters. The zero-order chi connectivity index (χ0) is 11.3. The van der Waals surface area contributed by atoms with Crippen molar-refractivity contribution in [1.82, 2.24) is 0 Å². The van der Waals surface area contributed by atoms with Crippen molar-refractivity contribution in [3.63, 3.8) is 0 Å². The second-order valence-electron chi connectivity index (χ2n) is 3.79. The van der Waals surface area contributed by atoms with Gasteiger partial charge in [0.15, 0.2) is 0 Å². The van der Waals surface area contributed by atoms with Crippen LogP contribution < -0.4 is 5.73 Å². The molecule has 0 bridgehead atoms. The SMILES string of the molecule is CC(CCN)C(=O)Cc1cccc(O)c1. The Morgan fingerprint density at radius 2 is 2.27 bits per heavy atom. The van der Waals surface area contributed by atoms with Gasteiger partial charge in [0.25, 0.3) is 0 Å². The molecule has 0 aromatic heterocycles. The molecule has 15 heavy (non-hydrogen) atoms. The summed E-state index contributed by atoms with van der Waals surface area (Å²) in [7, 11) is 0. The van der Waals surface area contributed by atoms with Crippen molar-refractivity contribution in [3.8, 4) is 5.75 Å². The molecular weight excluding hydrogens is 190 g/mol. The summed E-state index contributed by atoms with van der Waals surface area (Å²) in [6.07, 6.45) is 1.09. The number of aromatic hydroxyl groups is 1. The summed E-state index contributed by atoms with van der Waals surface area (Å²) in [5, 5.41) is 9.24. The molecule has 1 unspecified atom stereocenters. The van der Waals surface area contributed by atoms with E-state index in [1.165, 1.54) is 0 Å². The lowest BCUT2D eigenvalue weighted by molar-refractivity contribution is -0.121. The highest BCUT2D eigenvalue weighted by molar-refractivity contribution is 5.83. The van der Waals surface area contributed by atoms with E-state index in [0.29, 0.717) is 13.0 Å². The molecule has 0 spiro atoms. The topological polar surface area (TPSA) is 63.3 Å². The van der Waals surface area contributed by atoms with Gasteiger partial charge in [-0.3, -0.25) is 4.79 Å². The molecule has 0 fully saturated rings. The zero-order valence-electron chi connectivity index (χ0n) is 8.94. The second-order valence-corrected chi connectivity index (χ2v) is 3.79. The van der Waals surface area contributed by atoms with E-state index in [-0.39, 0.29) is 17.5 Å². The highest BCUT2D eigenvalue weighted by atomic mass is 16.3. The van der Waals surface area contributed by atoms with Gasteiger partial charge in [-0.2, -0.15) is 0 Å². The van der Waals surface area contributed by atoms with E-state index in [1.807, 2.05) is 13.0 Å².